The molecule has 0 atom stereocenters. The molecular formula is C29H24N2O3S. The normalized spacial score (nSPS) is 11.0. The van der Waals surface area contributed by atoms with Gasteiger partial charge in [0.25, 0.3) is 5.91 Å². The van der Waals surface area contributed by atoms with E-state index in [9.17, 15) is 9.59 Å². The molecule has 174 valence electrons. The van der Waals surface area contributed by atoms with E-state index in [1.807, 2.05) is 32.0 Å². The topological polar surface area (TPSA) is 72.2 Å². The second kappa shape index (κ2) is 9.68. The van der Waals surface area contributed by atoms with Gasteiger partial charge in [-0.15, -0.1) is 11.3 Å². The van der Waals surface area contributed by atoms with E-state index in [-0.39, 0.29) is 11.3 Å². The van der Waals surface area contributed by atoms with Gasteiger partial charge in [-0.2, -0.15) is 0 Å². The van der Waals surface area contributed by atoms with Gasteiger partial charge in [0.2, 0.25) is 0 Å². The zero-order valence-corrected chi connectivity index (χ0v) is 20.3. The SMILES string of the molecule is Cc1ccc2oc(-c3ccc(C(=O)NCCc4ccc(-c5csc(C)n5)cc4)cc3)cc(=O)c2c1. The fraction of sp³-hybridized carbons (Fsp3) is 0.138. The Kier molecular flexibility index (Phi) is 6.29. The van der Waals surface area contributed by atoms with Gasteiger partial charge in [-0.25, -0.2) is 4.98 Å². The van der Waals surface area contributed by atoms with E-state index in [1.54, 1.807) is 35.6 Å². The van der Waals surface area contributed by atoms with Gasteiger partial charge < -0.3 is 9.73 Å². The lowest BCUT2D eigenvalue weighted by Crippen LogP contribution is -2.25. The van der Waals surface area contributed by atoms with Gasteiger partial charge in [-0.05, 0) is 50.1 Å². The van der Waals surface area contributed by atoms with Crippen LogP contribution in [0, 0.1) is 13.8 Å². The van der Waals surface area contributed by atoms with Crippen LogP contribution in [0.4, 0.5) is 0 Å². The number of amides is 1. The first-order valence-corrected chi connectivity index (χ1v) is 12.3. The maximum Gasteiger partial charge on any atom is 0.251 e. The Labute approximate surface area is 207 Å². The summed E-state index contributed by atoms with van der Waals surface area (Å²) >= 11 is 1.64. The fourth-order valence-corrected chi connectivity index (χ4v) is 4.58. The molecular weight excluding hydrogens is 456 g/mol. The molecule has 3 aromatic carbocycles. The summed E-state index contributed by atoms with van der Waals surface area (Å²) in [6.45, 7) is 4.48. The zero-order valence-electron chi connectivity index (χ0n) is 19.5. The molecule has 0 radical (unpaired) electrons. The molecule has 6 heteroatoms. The minimum atomic E-state index is -0.137. The highest BCUT2D eigenvalue weighted by atomic mass is 32.1. The van der Waals surface area contributed by atoms with Crippen LogP contribution < -0.4 is 10.7 Å². The third-order valence-corrected chi connectivity index (χ3v) is 6.66. The van der Waals surface area contributed by atoms with E-state index in [4.69, 9.17) is 4.42 Å². The number of nitrogens with zero attached hydrogens (tertiary/aromatic N) is 1. The Balaban J connectivity index is 1.21. The Hall–Kier alpha value is -4.03. The maximum absolute atomic E-state index is 12.6. The van der Waals surface area contributed by atoms with E-state index >= 15 is 0 Å². The third-order valence-electron chi connectivity index (χ3n) is 5.88. The maximum atomic E-state index is 12.6. The van der Waals surface area contributed by atoms with Crippen LogP contribution in [0.1, 0.15) is 26.5 Å². The van der Waals surface area contributed by atoms with E-state index in [2.05, 4.69) is 39.9 Å². The Morgan fingerprint density at radius 1 is 0.943 bits per heavy atom. The predicted molar refractivity (Wildman–Crippen MR) is 141 cm³/mol. The Morgan fingerprint density at radius 2 is 1.69 bits per heavy atom. The van der Waals surface area contributed by atoms with Crippen molar-refractivity contribution in [3.63, 3.8) is 0 Å². The molecule has 1 N–H and O–H groups in total. The van der Waals surface area contributed by atoms with E-state index in [0.29, 0.717) is 28.8 Å². The van der Waals surface area contributed by atoms with Crippen molar-refractivity contribution in [2.45, 2.75) is 20.3 Å². The van der Waals surface area contributed by atoms with Crippen molar-refractivity contribution in [3.05, 3.63) is 110 Å². The Morgan fingerprint density at radius 3 is 2.40 bits per heavy atom. The second-order valence-electron chi connectivity index (χ2n) is 8.51. The van der Waals surface area contributed by atoms with Gasteiger partial charge in [0.1, 0.15) is 11.3 Å². The summed E-state index contributed by atoms with van der Waals surface area (Å²) in [5.41, 5.74) is 6.02. The highest BCUT2D eigenvalue weighted by molar-refractivity contribution is 7.09. The molecule has 0 aliphatic rings. The summed E-state index contributed by atoms with van der Waals surface area (Å²) in [5, 5.41) is 6.65. The molecule has 0 spiro atoms. The summed E-state index contributed by atoms with van der Waals surface area (Å²) in [6.07, 6.45) is 0.738. The lowest BCUT2D eigenvalue weighted by atomic mass is 10.1. The molecule has 35 heavy (non-hydrogen) atoms. The first-order valence-electron chi connectivity index (χ1n) is 11.4. The quantitative estimate of drug-likeness (QED) is 0.315. The molecule has 5 rings (SSSR count). The van der Waals surface area contributed by atoms with Gasteiger partial charge in [-0.1, -0.05) is 48.0 Å². The Bertz CT molecular complexity index is 1560. The van der Waals surface area contributed by atoms with Crippen LogP contribution in [0.15, 0.2) is 87.4 Å². The molecule has 0 aliphatic heterocycles. The molecule has 2 aromatic heterocycles. The number of carbonyl (C=O) groups is 1. The molecule has 2 heterocycles. The molecule has 0 bridgehead atoms. The van der Waals surface area contributed by atoms with Crippen molar-refractivity contribution in [2.75, 3.05) is 6.54 Å². The van der Waals surface area contributed by atoms with Crippen LogP contribution in [0.3, 0.4) is 0 Å². The summed E-state index contributed by atoms with van der Waals surface area (Å²) < 4.78 is 5.93. The number of hydrogen-bond acceptors (Lipinski definition) is 5. The fourth-order valence-electron chi connectivity index (χ4n) is 3.96. The van der Waals surface area contributed by atoms with E-state index in [0.717, 1.165) is 39.4 Å². The number of aromatic nitrogens is 1. The predicted octanol–water partition coefficient (Wildman–Crippen LogP) is 6.17. The van der Waals surface area contributed by atoms with Crippen LogP contribution in [-0.2, 0) is 6.42 Å². The van der Waals surface area contributed by atoms with Crippen molar-refractivity contribution in [3.8, 4) is 22.6 Å². The van der Waals surface area contributed by atoms with Crippen LogP contribution >= 0.6 is 11.3 Å². The van der Waals surface area contributed by atoms with Crippen molar-refractivity contribution < 1.29 is 9.21 Å². The second-order valence-corrected chi connectivity index (χ2v) is 9.57. The monoisotopic (exact) mass is 480 g/mol. The number of fused-ring (bicyclic) bond motifs is 1. The van der Waals surface area contributed by atoms with Gasteiger partial charge in [-0.3, -0.25) is 9.59 Å². The van der Waals surface area contributed by atoms with E-state index < -0.39 is 0 Å². The largest absolute Gasteiger partial charge is 0.456 e. The summed E-state index contributed by atoms with van der Waals surface area (Å²) in [4.78, 5) is 29.6. The molecule has 0 saturated carbocycles. The van der Waals surface area contributed by atoms with Gasteiger partial charge in [0, 0.05) is 34.7 Å². The van der Waals surface area contributed by atoms with Gasteiger partial charge in [0.15, 0.2) is 5.43 Å². The molecule has 0 unspecified atom stereocenters. The van der Waals surface area contributed by atoms with Gasteiger partial charge >= 0.3 is 0 Å². The number of carbonyl (C=O) groups excluding carboxylic acids is 1. The molecule has 5 aromatic rings. The van der Waals surface area contributed by atoms with Crippen LogP contribution in [0.25, 0.3) is 33.6 Å². The minimum absolute atomic E-state index is 0.0819. The highest BCUT2D eigenvalue weighted by Gasteiger charge is 2.10. The number of rotatable bonds is 6. The zero-order chi connectivity index (χ0) is 24.4. The van der Waals surface area contributed by atoms with Crippen molar-refractivity contribution in [1.82, 2.24) is 10.3 Å². The lowest BCUT2D eigenvalue weighted by molar-refractivity contribution is 0.0954. The first-order chi connectivity index (χ1) is 17.0. The summed E-state index contributed by atoms with van der Waals surface area (Å²) in [7, 11) is 0. The van der Waals surface area contributed by atoms with Crippen molar-refractivity contribution in [2.24, 2.45) is 0 Å². The highest BCUT2D eigenvalue weighted by Crippen LogP contribution is 2.24. The van der Waals surface area contributed by atoms with E-state index in [1.165, 1.54) is 6.07 Å². The number of thiazole rings is 1. The summed E-state index contributed by atoms with van der Waals surface area (Å²) in [5.74, 6) is 0.344. The number of benzene rings is 3. The number of nitrogens with one attached hydrogen (secondary N) is 1. The smallest absolute Gasteiger partial charge is 0.251 e. The first kappa shape index (κ1) is 22.7. The van der Waals surface area contributed by atoms with Crippen molar-refractivity contribution >= 4 is 28.2 Å². The van der Waals surface area contributed by atoms with Crippen molar-refractivity contribution in [1.29, 1.82) is 0 Å². The standard InChI is InChI=1S/C29H24N2O3S/c1-18-3-12-27-24(15-18)26(32)16-28(34-27)22-8-10-23(11-9-22)29(33)30-14-13-20-4-6-21(7-5-20)25-17-35-19(2)31-25/h3-12,15-17H,13-14H2,1-2H3,(H,30,33). The van der Waals surface area contributed by atoms with Crippen LogP contribution in [-0.4, -0.2) is 17.4 Å². The molecule has 5 nitrogen and oxygen atoms in total. The molecule has 0 saturated heterocycles. The average molecular weight is 481 g/mol. The molecule has 0 aliphatic carbocycles. The number of hydrogen-bond donors (Lipinski definition) is 1. The minimum Gasteiger partial charge on any atom is -0.456 e. The number of aryl methyl sites for hydroxylation is 2. The third kappa shape index (κ3) is 5.08. The average Bonchev–Trinajstić information content (AvgIpc) is 3.31. The lowest BCUT2D eigenvalue weighted by Gasteiger charge is -2.08. The molecule has 1 amide bonds. The molecule has 0 fully saturated rings. The van der Waals surface area contributed by atoms with Crippen LogP contribution in [0.2, 0.25) is 0 Å². The van der Waals surface area contributed by atoms with Gasteiger partial charge in [0.05, 0.1) is 16.1 Å². The summed E-state index contributed by atoms with van der Waals surface area (Å²) in [6, 6.07) is 22.4. The van der Waals surface area contributed by atoms with Crippen LogP contribution in [0.5, 0.6) is 0 Å².